The third-order valence-electron chi connectivity index (χ3n) is 3.66. The molecule has 0 saturated carbocycles. The van der Waals surface area contributed by atoms with Gasteiger partial charge in [0.15, 0.2) is 0 Å². The lowest BCUT2D eigenvalue weighted by Gasteiger charge is -2.12. The molecule has 1 aromatic heterocycles. The molecular formula is C14H21N3OS. The van der Waals surface area contributed by atoms with E-state index in [0.29, 0.717) is 5.92 Å². The van der Waals surface area contributed by atoms with Gasteiger partial charge in [-0.2, -0.15) is 11.8 Å². The summed E-state index contributed by atoms with van der Waals surface area (Å²) >= 11 is 1.93. The number of nitrogens with one attached hydrogen (secondary N) is 1. The maximum absolute atomic E-state index is 5.44. The first-order chi connectivity index (χ1) is 9.36. The second kappa shape index (κ2) is 6.09. The predicted octanol–water partition coefficient (Wildman–Crippen LogP) is 2.62. The summed E-state index contributed by atoms with van der Waals surface area (Å²) in [6.45, 7) is 4.93. The van der Waals surface area contributed by atoms with Crippen molar-refractivity contribution in [2.45, 2.75) is 37.7 Å². The van der Waals surface area contributed by atoms with Gasteiger partial charge in [-0.15, -0.1) is 0 Å². The summed E-state index contributed by atoms with van der Waals surface area (Å²) in [7, 11) is 0. The Morgan fingerprint density at radius 1 is 1.37 bits per heavy atom. The molecule has 1 N–H and O–H groups in total. The second-order valence-corrected chi connectivity index (χ2v) is 6.25. The number of hydrogen-bond acceptors (Lipinski definition) is 5. The normalized spacial score (nSPS) is 21.6. The maximum Gasteiger partial charge on any atom is 0.134 e. The molecule has 0 aromatic carbocycles. The van der Waals surface area contributed by atoms with Crippen molar-refractivity contribution in [3.8, 4) is 0 Å². The zero-order chi connectivity index (χ0) is 13.1. The Balaban J connectivity index is 1.79. The smallest absolute Gasteiger partial charge is 0.134 e. The van der Waals surface area contributed by atoms with Gasteiger partial charge in [-0.05, 0) is 18.8 Å². The highest BCUT2D eigenvalue weighted by Gasteiger charge is 2.22. The van der Waals surface area contributed by atoms with Crippen LogP contribution in [0.2, 0.25) is 0 Å². The van der Waals surface area contributed by atoms with Gasteiger partial charge in [0, 0.05) is 43.2 Å². The molecule has 2 aliphatic heterocycles. The molecule has 1 fully saturated rings. The monoisotopic (exact) mass is 279 g/mol. The van der Waals surface area contributed by atoms with E-state index in [1.165, 1.54) is 11.3 Å². The summed E-state index contributed by atoms with van der Waals surface area (Å²) in [6, 6.07) is 0. The molecule has 1 unspecified atom stereocenters. The lowest BCUT2D eigenvalue weighted by atomic mass is 10.0. The average Bonchev–Trinajstić information content (AvgIpc) is 3.06. The average molecular weight is 279 g/mol. The predicted molar refractivity (Wildman–Crippen MR) is 78.4 cm³/mol. The van der Waals surface area contributed by atoms with Gasteiger partial charge in [0.2, 0.25) is 0 Å². The number of thioether (sulfide) groups is 1. The van der Waals surface area contributed by atoms with Crippen LogP contribution in [0.5, 0.6) is 0 Å². The highest BCUT2D eigenvalue weighted by molar-refractivity contribution is 7.98. The number of nitrogens with zero attached hydrogens (tertiary/aromatic N) is 2. The van der Waals surface area contributed by atoms with Crippen molar-refractivity contribution in [2.75, 3.05) is 25.1 Å². The number of aromatic nitrogens is 2. The molecule has 3 rings (SSSR count). The zero-order valence-corrected chi connectivity index (χ0v) is 12.3. The van der Waals surface area contributed by atoms with Gasteiger partial charge < -0.3 is 10.1 Å². The van der Waals surface area contributed by atoms with E-state index in [4.69, 9.17) is 14.7 Å². The van der Waals surface area contributed by atoms with Crippen LogP contribution in [0.15, 0.2) is 0 Å². The number of fused-ring (bicyclic) bond motifs is 1. The highest BCUT2D eigenvalue weighted by Crippen LogP contribution is 2.33. The molecule has 19 heavy (non-hydrogen) atoms. The molecule has 104 valence electrons. The Bertz CT molecular complexity index is 447. The first kappa shape index (κ1) is 13.2. The summed E-state index contributed by atoms with van der Waals surface area (Å²) in [5, 5.41) is 3.46. The zero-order valence-electron chi connectivity index (χ0n) is 11.4. The molecule has 0 radical (unpaired) electrons. The Morgan fingerprint density at radius 2 is 2.32 bits per heavy atom. The van der Waals surface area contributed by atoms with E-state index in [-0.39, 0.29) is 0 Å². The summed E-state index contributed by atoms with van der Waals surface area (Å²) in [5.74, 6) is 4.76. The van der Waals surface area contributed by atoms with Crippen molar-refractivity contribution in [1.82, 2.24) is 9.97 Å². The minimum Gasteiger partial charge on any atom is -0.381 e. The molecule has 3 heterocycles. The van der Waals surface area contributed by atoms with Gasteiger partial charge in [-0.3, -0.25) is 0 Å². The summed E-state index contributed by atoms with van der Waals surface area (Å²) in [6.07, 6.45) is 3.23. The lowest BCUT2D eigenvalue weighted by molar-refractivity contribution is 0.185. The first-order valence-electron chi connectivity index (χ1n) is 7.15. The third kappa shape index (κ3) is 3.03. The van der Waals surface area contributed by atoms with E-state index in [2.05, 4.69) is 12.2 Å². The van der Waals surface area contributed by atoms with Crippen molar-refractivity contribution >= 4 is 17.6 Å². The van der Waals surface area contributed by atoms with Gasteiger partial charge in [0.25, 0.3) is 0 Å². The van der Waals surface area contributed by atoms with Gasteiger partial charge in [-0.25, -0.2) is 9.97 Å². The molecule has 1 saturated heterocycles. The van der Waals surface area contributed by atoms with Gasteiger partial charge in [-0.1, -0.05) is 6.92 Å². The second-order valence-electron chi connectivity index (χ2n) is 5.27. The molecule has 0 bridgehead atoms. The number of hydrogen-bond donors (Lipinski definition) is 1. The van der Waals surface area contributed by atoms with Crippen LogP contribution in [0.1, 0.15) is 36.8 Å². The molecule has 0 amide bonds. The Kier molecular flexibility index (Phi) is 4.23. The molecule has 2 aliphatic rings. The van der Waals surface area contributed by atoms with Crippen LogP contribution in [0.25, 0.3) is 0 Å². The van der Waals surface area contributed by atoms with Crippen LogP contribution in [-0.4, -0.2) is 29.7 Å². The summed E-state index contributed by atoms with van der Waals surface area (Å²) in [5.41, 5.74) is 2.57. The molecule has 1 atom stereocenters. The van der Waals surface area contributed by atoms with E-state index in [1.807, 2.05) is 11.8 Å². The van der Waals surface area contributed by atoms with Crippen LogP contribution in [0.4, 0.5) is 5.82 Å². The topological polar surface area (TPSA) is 47.0 Å². The Hall–Kier alpha value is -0.810. The fourth-order valence-corrected chi connectivity index (χ4v) is 3.63. The minimum atomic E-state index is 0.603. The fourth-order valence-electron chi connectivity index (χ4n) is 2.59. The molecule has 0 spiro atoms. The van der Waals surface area contributed by atoms with E-state index in [9.17, 15) is 0 Å². The van der Waals surface area contributed by atoms with Crippen LogP contribution in [-0.2, 0) is 22.7 Å². The van der Waals surface area contributed by atoms with E-state index in [1.54, 1.807) is 0 Å². The Morgan fingerprint density at radius 3 is 3.11 bits per heavy atom. The van der Waals surface area contributed by atoms with E-state index >= 15 is 0 Å². The van der Waals surface area contributed by atoms with Crippen molar-refractivity contribution in [2.24, 2.45) is 5.92 Å². The van der Waals surface area contributed by atoms with Crippen LogP contribution < -0.4 is 5.32 Å². The SMILES string of the molecule is CCCNc1nc(CC2CCOC2)nc2c1CSC2. The molecule has 0 aliphatic carbocycles. The quantitative estimate of drug-likeness (QED) is 0.898. The number of anilines is 1. The number of rotatable bonds is 5. The minimum absolute atomic E-state index is 0.603. The van der Waals surface area contributed by atoms with Crippen molar-refractivity contribution in [1.29, 1.82) is 0 Å². The highest BCUT2D eigenvalue weighted by atomic mass is 32.2. The maximum atomic E-state index is 5.44. The van der Waals surface area contributed by atoms with Crippen molar-refractivity contribution in [3.05, 3.63) is 17.1 Å². The third-order valence-corrected chi connectivity index (χ3v) is 4.63. The van der Waals surface area contributed by atoms with Crippen LogP contribution >= 0.6 is 11.8 Å². The summed E-state index contributed by atoms with van der Waals surface area (Å²) < 4.78 is 5.44. The van der Waals surface area contributed by atoms with Crippen LogP contribution in [0.3, 0.4) is 0 Å². The van der Waals surface area contributed by atoms with Gasteiger partial charge >= 0.3 is 0 Å². The molecule has 5 heteroatoms. The number of ether oxygens (including phenoxy) is 1. The molecular weight excluding hydrogens is 258 g/mol. The molecule has 1 aromatic rings. The largest absolute Gasteiger partial charge is 0.381 e. The van der Waals surface area contributed by atoms with Crippen molar-refractivity contribution < 1.29 is 4.74 Å². The van der Waals surface area contributed by atoms with Crippen molar-refractivity contribution in [3.63, 3.8) is 0 Å². The van der Waals surface area contributed by atoms with E-state index in [0.717, 1.165) is 62.2 Å². The Labute approximate surface area is 118 Å². The molecule has 4 nitrogen and oxygen atoms in total. The standard InChI is InChI=1S/C14H21N3OS/c1-2-4-15-14-11-8-19-9-12(11)16-13(17-14)6-10-3-5-18-7-10/h10H,2-9H2,1H3,(H,15,16,17). The lowest BCUT2D eigenvalue weighted by Crippen LogP contribution is -2.13. The van der Waals surface area contributed by atoms with E-state index < -0.39 is 0 Å². The fraction of sp³-hybridized carbons (Fsp3) is 0.714. The van der Waals surface area contributed by atoms with Crippen LogP contribution in [0, 0.1) is 5.92 Å². The first-order valence-corrected chi connectivity index (χ1v) is 8.30. The van der Waals surface area contributed by atoms with Gasteiger partial charge in [0.1, 0.15) is 11.6 Å². The van der Waals surface area contributed by atoms with Gasteiger partial charge in [0.05, 0.1) is 5.69 Å². The summed E-state index contributed by atoms with van der Waals surface area (Å²) in [4.78, 5) is 9.51.